The Morgan fingerprint density at radius 1 is 1.11 bits per heavy atom. The van der Waals surface area contributed by atoms with Crippen LogP contribution in [0.15, 0.2) is 70.3 Å². The molecule has 27 heavy (non-hydrogen) atoms. The van der Waals surface area contributed by atoms with Crippen molar-refractivity contribution >= 4 is 44.4 Å². The fourth-order valence-electron chi connectivity index (χ4n) is 2.99. The molecule has 0 radical (unpaired) electrons. The van der Waals surface area contributed by atoms with Crippen molar-refractivity contribution in [3.63, 3.8) is 0 Å². The number of hydrogen-bond donors (Lipinski definition) is 2. The maximum Gasteiger partial charge on any atom is 0.294 e. The van der Waals surface area contributed by atoms with Crippen molar-refractivity contribution in [2.75, 3.05) is 5.01 Å². The molecule has 4 rings (SSSR count). The Balaban J connectivity index is 1.69. The van der Waals surface area contributed by atoms with Crippen LogP contribution >= 0.6 is 0 Å². The Kier molecular flexibility index (Phi) is 3.94. The van der Waals surface area contributed by atoms with Crippen LogP contribution in [0.5, 0.6) is 0 Å². The molecule has 0 bridgehead atoms. The van der Waals surface area contributed by atoms with Gasteiger partial charge in [-0.1, -0.05) is 18.2 Å². The lowest BCUT2D eigenvalue weighted by Gasteiger charge is -2.11. The van der Waals surface area contributed by atoms with Crippen LogP contribution in [0, 0.1) is 0 Å². The number of anilines is 1. The molecule has 0 aliphatic carbocycles. The molecule has 3 aromatic rings. The second kappa shape index (κ2) is 6.19. The van der Waals surface area contributed by atoms with Crippen LogP contribution in [0.4, 0.5) is 5.69 Å². The summed E-state index contributed by atoms with van der Waals surface area (Å²) in [6.45, 7) is 1.74. The molecule has 0 unspecified atom stereocenters. The first kappa shape index (κ1) is 17.2. The second-order valence-corrected chi connectivity index (χ2v) is 7.54. The molecule has 1 aromatic heterocycles. The topological polar surface area (TPSA) is 103 Å². The van der Waals surface area contributed by atoms with Crippen molar-refractivity contribution in [1.29, 1.82) is 0 Å². The van der Waals surface area contributed by atoms with Crippen molar-refractivity contribution < 1.29 is 17.8 Å². The molecule has 2 N–H and O–H groups in total. The summed E-state index contributed by atoms with van der Waals surface area (Å²) >= 11 is 0. The summed E-state index contributed by atoms with van der Waals surface area (Å²) in [7, 11) is -4.29. The van der Waals surface area contributed by atoms with Gasteiger partial charge in [0.2, 0.25) is 0 Å². The summed E-state index contributed by atoms with van der Waals surface area (Å²) in [5.74, 6) is -0.308. The van der Waals surface area contributed by atoms with E-state index in [1.54, 1.807) is 13.0 Å². The molecule has 2 heterocycles. The van der Waals surface area contributed by atoms with E-state index in [0.717, 1.165) is 16.5 Å². The smallest absolute Gasteiger partial charge is 0.294 e. The lowest BCUT2D eigenvalue weighted by molar-refractivity contribution is -0.114. The molecule has 1 amide bonds. The van der Waals surface area contributed by atoms with Gasteiger partial charge in [0.15, 0.2) is 0 Å². The molecular weight excluding hydrogens is 366 g/mol. The molecule has 1 aliphatic rings. The van der Waals surface area contributed by atoms with Gasteiger partial charge in [0.25, 0.3) is 16.0 Å². The normalized spacial score (nSPS) is 16.4. The van der Waals surface area contributed by atoms with Gasteiger partial charge in [0.05, 0.1) is 21.9 Å². The summed E-state index contributed by atoms with van der Waals surface area (Å²) < 4.78 is 31.4. The van der Waals surface area contributed by atoms with Crippen molar-refractivity contribution in [1.82, 2.24) is 4.98 Å². The number of nitrogens with one attached hydrogen (secondary N) is 1. The standard InChI is InChI=1S/C19H15N3O4S/c1-12-17(10-13-11-20-18-5-3-2-4-16(13)18)19(23)22(21-12)14-6-8-15(9-7-14)27(24,25)26/h2-11,20H,1H3,(H,24,25,26). The monoisotopic (exact) mass is 381 g/mol. The molecule has 2 aromatic carbocycles. The molecule has 0 fully saturated rings. The molecule has 0 spiro atoms. The van der Waals surface area contributed by atoms with Crippen LogP contribution in [-0.4, -0.2) is 29.6 Å². The van der Waals surface area contributed by atoms with Gasteiger partial charge in [0, 0.05) is 22.7 Å². The van der Waals surface area contributed by atoms with E-state index in [2.05, 4.69) is 10.1 Å². The fourth-order valence-corrected chi connectivity index (χ4v) is 3.47. The number of nitrogens with zero attached hydrogens (tertiary/aromatic N) is 2. The molecule has 0 saturated heterocycles. The van der Waals surface area contributed by atoms with E-state index in [9.17, 15) is 13.2 Å². The van der Waals surface area contributed by atoms with Gasteiger partial charge in [0.1, 0.15) is 0 Å². The number of carbonyl (C=O) groups is 1. The van der Waals surface area contributed by atoms with Gasteiger partial charge >= 0.3 is 0 Å². The SMILES string of the molecule is CC1=NN(c2ccc(S(=O)(=O)O)cc2)C(=O)C1=Cc1c[nH]c2ccccc12. The summed E-state index contributed by atoms with van der Waals surface area (Å²) in [5.41, 5.74) is 3.28. The number of rotatable bonds is 3. The van der Waals surface area contributed by atoms with Crippen molar-refractivity contribution in [3.05, 3.63) is 65.9 Å². The molecule has 0 saturated carbocycles. The maximum atomic E-state index is 12.8. The number of para-hydroxylation sites is 1. The number of carbonyl (C=O) groups excluding carboxylic acids is 1. The van der Waals surface area contributed by atoms with Crippen LogP contribution in [0.3, 0.4) is 0 Å². The number of hydrazone groups is 1. The average molecular weight is 381 g/mol. The Hall–Kier alpha value is -3.23. The molecular formula is C19H15N3O4S. The van der Waals surface area contributed by atoms with Gasteiger partial charge < -0.3 is 4.98 Å². The molecule has 1 aliphatic heterocycles. The summed E-state index contributed by atoms with van der Waals surface area (Å²) in [6.07, 6.45) is 3.62. The summed E-state index contributed by atoms with van der Waals surface area (Å²) in [6, 6.07) is 13.1. The van der Waals surface area contributed by atoms with Crippen LogP contribution in [0.2, 0.25) is 0 Å². The molecule has 0 atom stereocenters. The van der Waals surface area contributed by atoms with Gasteiger partial charge in [-0.05, 0) is 43.3 Å². The first-order valence-electron chi connectivity index (χ1n) is 8.10. The van der Waals surface area contributed by atoms with E-state index in [1.807, 2.05) is 30.5 Å². The summed E-state index contributed by atoms with van der Waals surface area (Å²) in [4.78, 5) is 15.7. The number of benzene rings is 2. The molecule has 8 heteroatoms. The highest BCUT2D eigenvalue weighted by Crippen LogP contribution is 2.27. The predicted molar refractivity (Wildman–Crippen MR) is 103 cm³/mol. The Morgan fingerprint density at radius 3 is 2.52 bits per heavy atom. The third-order valence-corrected chi connectivity index (χ3v) is 5.23. The Labute approximate surface area is 155 Å². The average Bonchev–Trinajstić information content (AvgIpc) is 3.17. The van der Waals surface area contributed by atoms with Crippen LogP contribution in [0.25, 0.3) is 17.0 Å². The number of hydrogen-bond acceptors (Lipinski definition) is 4. The van der Waals surface area contributed by atoms with Crippen molar-refractivity contribution in [2.45, 2.75) is 11.8 Å². The predicted octanol–water partition coefficient (Wildman–Crippen LogP) is 3.22. The first-order valence-corrected chi connectivity index (χ1v) is 9.54. The van der Waals surface area contributed by atoms with E-state index in [1.165, 1.54) is 29.3 Å². The van der Waals surface area contributed by atoms with Gasteiger partial charge in [-0.15, -0.1) is 0 Å². The highest BCUT2D eigenvalue weighted by atomic mass is 32.2. The zero-order valence-corrected chi connectivity index (χ0v) is 15.1. The van der Waals surface area contributed by atoms with Gasteiger partial charge in [-0.3, -0.25) is 9.35 Å². The minimum Gasteiger partial charge on any atom is -0.361 e. The lowest BCUT2D eigenvalue weighted by Crippen LogP contribution is -2.21. The number of aromatic amines is 1. The van der Waals surface area contributed by atoms with Crippen LogP contribution < -0.4 is 5.01 Å². The van der Waals surface area contributed by atoms with Gasteiger partial charge in [-0.25, -0.2) is 0 Å². The van der Waals surface area contributed by atoms with E-state index in [-0.39, 0.29) is 10.8 Å². The first-order chi connectivity index (χ1) is 12.8. The van der Waals surface area contributed by atoms with E-state index in [0.29, 0.717) is 17.0 Å². The van der Waals surface area contributed by atoms with Gasteiger partial charge in [-0.2, -0.15) is 18.5 Å². The van der Waals surface area contributed by atoms with Crippen molar-refractivity contribution in [2.24, 2.45) is 5.10 Å². The lowest BCUT2D eigenvalue weighted by atomic mass is 10.1. The zero-order chi connectivity index (χ0) is 19.2. The van der Waals surface area contributed by atoms with E-state index >= 15 is 0 Å². The Morgan fingerprint density at radius 2 is 1.81 bits per heavy atom. The third kappa shape index (κ3) is 3.05. The molecule has 136 valence electrons. The minimum atomic E-state index is -4.29. The quantitative estimate of drug-likeness (QED) is 0.537. The van der Waals surface area contributed by atoms with Crippen molar-refractivity contribution in [3.8, 4) is 0 Å². The highest BCUT2D eigenvalue weighted by molar-refractivity contribution is 7.85. The summed E-state index contributed by atoms with van der Waals surface area (Å²) in [5, 5.41) is 6.50. The number of amides is 1. The number of aromatic nitrogens is 1. The van der Waals surface area contributed by atoms with E-state index in [4.69, 9.17) is 4.55 Å². The van der Waals surface area contributed by atoms with Crippen LogP contribution in [0.1, 0.15) is 12.5 Å². The maximum absolute atomic E-state index is 12.8. The highest BCUT2D eigenvalue weighted by Gasteiger charge is 2.29. The largest absolute Gasteiger partial charge is 0.361 e. The number of fused-ring (bicyclic) bond motifs is 1. The Bertz CT molecular complexity index is 1220. The zero-order valence-electron chi connectivity index (χ0n) is 14.2. The number of H-pyrrole nitrogens is 1. The second-order valence-electron chi connectivity index (χ2n) is 6.12. The van der Waals surface area contributed by atoms with E-state index < -0.39 is 10.1 Å². The third-order valence-electron chi connectivity index (χ3n) is 4.36. The molecule has 7 nitrogen and oxygen atoms in total. The fraction of sp³-hybridized carbons (Fsp3) is 0.0526. The van der Waals surface area contributed by atoms with Crippen LogP contribution in [-0.2, 0) is 14.9 Å². The minimum absolute atomic E-state index is 0.242.